The summed E-state index contributed by atoms with van der Waals surface area (Å²) in [5.41, 5.74) is 14.5. The van der Waals surface area contributed by atoms with Gasteiger partial charge in [-0.15, -0.1) is 5.53 Å². The van der Waals surface area contributed by atoms with Crippen LogP contribution in [0.25, 0.3) is 0 Å². The van der Waals surface area contributed by atoms with E-state index in [0.29, 0.717) is 0 Å². The zero-order valence-electron chi connectivity index (χ0n) is 7.41. The van der Waals surface area contributed by atoms with Gasteiger partial charge < -0.3 is 11.2 Å². The SMILES string of the molecule is Cc1cc(N)ccc1N1C=CNN1. The highest BCUT2D eigenvalue weighted by atomic mass is 15.7. The van der Waals surface area contributed by atoms with Gasteiger partial charge in [0.05, 0.1) is 5.69 Å². The summed E-state index contributed by atoms with van der Waals surface area (Å²) in [5.74, 6) is 0. The minimum atomic E-state index is 0.789. The molecule has 0 aliphatic carbocycles. The molecule has 0 saturated carbocycles. The van der Waals surface area contributed by atoms with Crippen molar-refractivity contribution in [2.45, 2.75) is 6.92 Å². The number of nitrogens with zero attached hydrogens (tertiary/aromatic N) is 1. The van der Waals surface area contributed by atoms with Crippen molar-refractivity contribution in [2.75, 3.05) is 10.7 Å². The Morgan fingerprint density at radius 2 is 2.23 bits per heavy atom. The zero-order valence-corrected chi connectivity index (χ0v) is 7.41. The Kier molecular flexibility index (Phi) is 1.83. The van der Waals surface area contributed by atoms with Gasteiger partial charge in [-0.25, -0.2) is 0 Å². The van der Waals surface area contributed by atoms with Gasteiger partial charge in [0.15, 0.2) is 0 Å². The molecule has 0 bridgehead atoms. The van der Waals surface area contributed by atoms with Crippen LogP contribution in [0.15, 0.2) is 30.6 Å². The fourth-order valence-electron chi connectivity index (χ4n) is 1.35. The molecular formula is C9H12N4. The Bertz CT molecular complexity index is 345. The predicted octanol–water partition coefficient (Wildman–Crippen LogP) is 0.878. The van der Waals surface area contributed by atoms with Gasteiger partial charge in [-0.2, -0.15) is 0 Å². The molecule has 0 saturated heterocycles. The van der Waals surface area contributed by atoms with Crippen LogP contribution in [0.4, 0.5) is 11.4 Å². The molecule has 4 nitrogen and oxygen atoms in total. The van der Waals surface area contributed by atoms with E-state index in [9.17, 15) is 0 Å². The molecule has 0 spiro atoms. The Morgan fingerprint density at radius 3 is 2.85 bits per heavy atom. The summed E-state index contributed by atoms with van der Waals surface area (Å²) in [6.07, 6.45) is 3.74. The summed E-state index contributed by atoms with van der Waals surface area (Å²) in [6, 6.07) is 5.81. The van der Waals surface area contributed by atoms with Gasteiger partial charge in [-0.3, -0.25) is 5.01 Å². The number of anilines is 2. The molecule has 0 aromatic heterocycles. The molecule has 0 radical (unpaired) electrons. The molecule has 68 valence electrons. The summed E-state index contributed by atoms with van der Waals surface area (Å²) in [6.45, 7) is 2.03. The lowest BCUT2D eigenvalue weighted by Crippen LogP contribution is -2.35. The van der Waals surface area contributed by atoms with Crippen molar-refractivity contribution in [1.29, 1.82) is 0 Å². The van der Waals surface area contributed by atoms with Gasteiger partial charge in [0.2, 0.25) is 0 Å². The summed E-state index contributed by atoms with van der Waals surface area (Å²) in [4.78, 5) is 0. The predicted molar refractivity (Wildman–Crippen MR) is 53.5 cm³/mol. The number of nitrogens with one attached hydrogen (secondary N) is 2. The minimum absolute atomic E-state index is 0.789. The number of benzene rings is 1. The number of hydrogen-bond donors (Lipinski definition) is 3. The molecular weight excluding hydrogens is 164 g/mol. The maximum absolute atomic E-state index is 5.65. The van der Waals surface area contributed by atoms with Crippen molar-refractivity contribution in [3.8, 4) is 0 Å². The minimum Gasteiger partial charge on any atom is -0.399 e. The van der Waals surface area contributed by atoms with Crippen LogP contribution in [-0.2, 0) is 0 Å². The second-order valence-corrected chi connectivity index (χ2v) is 2.99. The van der Waals surface area contributed by atoms with Crippen molar-refractivity contribution in [3.05, 3.63) is 36.2 Å². The molecule has 1 heterocycles. The molecule has 13 heavy (non-hydrogen) atoms. The maximum atomic E-state index is 5.65. The quantitative estimate of drug-likeness (QED) is 0.556. The van der Waals surface area contributed by atoms with E-state index in [2.05, 4.69) is 11.0 Å². The smallest absolute Gasteiger partial charge is 0.0620 e. The number of nitrogens with two attached hydrogens (primary N) is 1. The molecule has 1 aromatic rings. The summed E-state index contributed by atoms with van der Waals surface area (Å²) in [7, 11) is 0. The lowest BCUT2D eigenvalue weighted by Gasteiger charge is -2.17. The fraction of sp³-hybridized carbons (Fsp3) is 0.111. The first kappa shape index (κ1) is 7.94. The lowest BCUT2D eigenvalue weighted by molar-refractivity contribution is 0.679. The fourth-order valence-corrected chi connectivity index (χ4v) is 1.35. The second kappa shape index (κ2) is 2.99. The summed E-state index contributed by atoms with van der Waals surface area (Å²) >= 11 is 0. The highest BCUT2D eigenvalue weighted by molar-refractivity contribution is 5.60. The molecule has 4 heteroatoms. The van der Waals surface area contributed by atoms with Crippen molar-refractivity contribution in [1.82, 2.24) is 11.0 Å². The zero-order chi connectivity index (χ0) is 9.26. The number of rotatable bonds is 1. The van der Waals surface area contributed by atoms with Crippen LogP contribution in [0.3, 0.4) is 0 Å². The molecule has 1 aliphatic heterocycles. The van der Waals surface area contributed by atoms with Crippen molar-refractivity contribution >= 4 is 11.4 Å². The van der Waals surface area contributed by atoms with Crippen molar-refractivity contribution in [2.24, 2.45) is 0 Å². The average molecular weight is 176 g/mol. The van der Waals surface area contributed by atoms with Gasteiger partial charge >= 0.3 is 0 Å². The molecule has 0 unspecified atom stereocenters. The second-order valence-electron chi connectivity index (χ2n) is 2.99. The standard InChI is InChI=1S/C9H12N4/c1-7-6-8(10)2-3-9(7)13-5-4-11-12-13/h2-6,11-12H,10H2,1H3. The van der Waals surface area contributed by atoms with E-state index in [4.69, 9.17) is 5.73 Å². The Morgan fingerprint density at radius 1 is 1.38 bits per heavy atom. The normalized spacial score (nSPS) is 14.7. The summed E-state index contributed by atoms with van der Waals surface area (Å²) in [5, 5.41) is 1.90. The molecule has 1 aromatic carbocycles. The maximum Gasteiger partial charge on any atom is 0.0620 e. The van der Waals surface area contributed by atoms with Crippen LogP contribution in [0.5, 0.6) is 0 Å². The molecule has 0 fully saturated rings. The Balaban J connectivity index is 2.34. The van der Waals surface area contributed by atoms with Crippen LogP contribution in [0.2, 0.25) is 0 Å². The largest absolute Gasteiger partial charge is 0.399 e. The first-order valence-corrected chi connectivity index (χ1v) is 4.10. The molecule has 1 aliphatic rings. The van der Waals surface area contributed by atoms with Crippen molar-refractivity contribution in [3.63, 3.8) is 0 Å². The van der Waals surface area contributed by atoms with E-state index < -0.39 is 0 Å². The van der Waals surface area contributed by atoms with Crippen LogP contribution >= 0.6 is 0 Å². The number of hydrogen-bond acceptors (Lipinski definition) is 4. The lowest BCUT2D eigenvalue weighted by atomic mass is 10.2. The van der Waals surface area contributed by atoms with Crippen LogP contribution in [0, 0.1) is 6.92 Å². The highest BCUT2D eigenvalue weighted by Gasteiger charge is 2.08. The van der Waals surface area contributed by atoms with Gasteiger partial charge in [0.25, 0.3) is 0 Å². The molecule has 0 amide bonds. The van der Waals surface area contributed by atoms with E-state index in [0.717, 1.165) is 16.9 Å². The third-order valence-corrected chi connectivity index (χ3v) is 1.97. The van der Waals surface area contributed by atoms with Crippen LogP contribution in [-0.4, -0.2) is 0 Å². The summed E-state index contributed by atoms with van der Waals surface area (Å²) < 4.78 is 0. The van der Waals surface area contributed by atoms with E-state index in [1.54, 1.807) is 0 Å². The number of aryl methyl sites for hydroxylation is 1. The van der Waals surface area contributed by atoms with Gasteiger partial charge in [-0.1, -0.05) is 0 Å². The number of nitrogen functional groups attached to an aromatic ring is 1. The van der Waals surface area contributed by atoms with E-state index in [-0.39, 0.29) is 0 Å². The topological polar surface area (TPSA) is 53.3 Å². The number of hydrazine groups is 2. The van der Waals surface area contributed by atoms with Gasteiger partial charge in [0, 0.05) is 18.1 Å². The first-order valence-electron chi connectivity index (χ1n) is 4.10. The Labute approximate surface area is 77.0 Å². The third-order valence-electron chi connectivity index (χ3n) is 1.97. The molecule has 0 atom stereocenters. The van der Waals surface area contributed by atoms with Gasteiger partial charge in [-0.05, 0) is 30.7 Å². The molecule has 2 rings (SSSR count). The van der Waals surface area contributed by atoms with Crippen LogP contribution < -0.4 is 21.7 Å². The van der Waals surface area contributed by atoms with Crippen molar-refractivity contribution < 1.29 is 0 Å². The monoisotopic (exact) mass is 176 g/mol. The van der Waals surface area contributed by atoms with Gasteiger partial charge in [0.1, 0.15) is 0 Å². The highest BCUT2D eigenvalue weighted by Crippen LogP contribution is 2.21. The third kappa shape index (κ3) is 1.43. The Hall–Kier alpha value is -1.68. The average Bonchev–Trinajstić information content (AvgIpc) is 2.56. The van der Waals surface area contributed by atoms with E-state index in [1.807, 2.05) is 42.5 Å². The molecule has 4 N–H and O–H groups in total. The van der Waals surface area contributed by atoms with E-state index >= 15 is 0 Å². The first-order chi connectivity index (χ1) is 6.27. The van der Waals surface area contributed by atoms with E-state index in [1.165, 1.54) is 0 Å². The van der Waals surface area contributed by atoms with Crippen LogP contribution in [0.1, 0.15) is 5.56 Å².